The van der Waals surface area contributed by atoms with Crippen molar-refractivity contribution in [3.8, 4) is 0 Å². The van der Waals surface area contributed by atoms with Crippen molar-refractivity contribution >= 4 is 11.9 Å². The van der Waals surface area contributed by atoms with E-state index >= 15 is 0 Å². The van der Waals surface area contributed by atoms with Crippen molar-refractivity contribution in [1.82, 2.24) is 10.6 Å². The smallest absolute Gasteiger partial charge is 0.327 e. The van der Waals surface area contributed by atoms with Gasteiger partial charge in [-0.25, -0.2) is 4.79 Å². The number of amides is 1. The van der Waals surface area contributed by atoms with E-state index in [-0.39, 0.29) is 18.5 Å². The molecule has 80 valence electrons. The molecule has 1 heterocycles. The number of nitrogens with one attached hydrogen (secondary N) is 2. The third-order valence-corrected chi connectivity index (χ3v) is 2.23. The zero-order chi connectivity index (χ0) is 10.6. The van der Waals surface area contributed by atoms with Gasteiger partial charge in [-0.05, 0) is 19.4 Å². The van der Waals surface area contributed by atoms with Crippen LogP contribution in [0, 0.1) is 0 Å². The number of aliphatic carboxylic acids is 1. The van der Waals surface area contributed by atoms with Crippen molar-refractivity contribution in [2.75, 3.05) is 13.1 Å². The highest BCUT2D eigenvalue weighted by atomic mass is 16.4. The minimum Gasteiger partial charge on any atom is -0.480 e. The van der Waals surface area contributed by atoms with E-state index in [0.29, 0.717) is 0 Å². The number of carbonyl (C=O) groups excluding carboxylic acids is 1. The second-order valence-corrected chi connectivity index (χ2v) is 3.28. The second-order valence-electron chi connectivity index (χ2n) is 3.28. The predicted molar refractivity (Wildman–Crippen MR) is 49.6 cm³/mol. The highest BCUT2D eigenvalue weighted by molar-refractivity contribution is 5.87. The predicted octanol–water partition coefficient (Wildman–Crippen LogP) is -1.73. The molecule has 5 N–H and O–H groups in total. The van der Waals surface area contributed by atoms with Gasteiger partial charge in [0.15, 0.2) is 0 Å². The number of hydrogen-bond acceptors (Lipinski definition) is 4. The van der Waals surface area contributed by atoms with E-state index in [9.17, 15) is 9.59 Å². The van der Waals surface area contributed by atoms with Crippen molar-refractivity contribution in [3.05, 3.63) is 0 Å². The molecule has 0 radical (unpaired) electrons. The Morgan fingerprint density at radius 3 is 2.79 bits per heavy atom. The first-order chi connectivity index (χ1) is 6.65. The number of nitrogens with two attached hydrogens (primary N) is 1. The van der Waals surface area contributed by atoms with Gasteiger partial charge in [0.2, 0.25) is 5.91 Å². The lowest BCUT2D eigenvalue weighted by molar-refractivity contribution is -0.141. The molecule has 1 amide bonds. The Bertz CT molecular complexity index is 226. The first-order valence-corrected chi connectivity index (χ1v) is 4.61. The molecule has 0 spiro atoms. The van der Waals surface area contributed by atoms with Crippen LogP contribution in [0.4, 0.5) is 0 Å². The molecule has 0 aromatic heterocycles. The summed E-state index contributed by atoms with van der Waals surface area (Å²) in [6.07, 6.45) is 1.70. The molecule has 0 bridgehead atoms. The van der Waals surface area contributed by atoms with E-state index < -0.39 is 12.0 Å². The lowest BCUT2D eigenvalue weighted by atomic mass is 10.2. The summed E-state index contributed by atoms with van der Waals surface area (Å²) in [6.45, 7) is 0.715. The van der Waals surface area contributed by atoms with Crippen molar-refractivity contribution < 1.29 is 14.7 Å². The van der Waals surface area contributed by atoms with Crippen LogP contribution in [-0.2, 0) is 9.59 Å². The second kappa shape index (κ2) is 4.92. The van der Waals surface area contributed by atoms with Gasteiger partial charge in [0.25, 0.3) is 0 Å². The van der Waals surface area contributed by atoms with Gasteiger partial charge < -0.3 is 21.5 Å². The fourth-order valence-corrected chi connectivity index (χ4v) is 1.40. The van der Waals surface area contributed by atoms with Crippen molar-refractivity contribution in [2.45, 2.75) is 24.9 Å². The Labute approximate surface area is 81.8 Å². The molecule has 0 aromatic rings. The summed E-state index contributed by atoms with van der Waals surface area (Å²) >= 11 is 0. The number of carboxylic acid groups (broad SMARTS) is 1. The van der Waals surface area contributed by atoms with E-state index in [1.165, 1.54) is 0 Å². The van der Waals surface area contributed by atoms with E-state index in [4.69, 9.17) is 10.8 Å². The Morgan fingerprint density at radius 2 is 2.36 bits per heavy atom. The molecule has 0 unspecified atom stereocenters. The molecule has 6 nitrogen and oxygen atoms in total. The van der Waals surface area contributed by atoms with Crippen LogP contribution >= 0.6 is 0 Å². The minimum atomic E-state index is -1.10. The minimum absolute atomic E-state index is 0.0895. The van der Waals surface area contributed by atoms with Gasteiger partial charge >= 0.3 is 5.97 Å². The summed E-state index contributed by atoms with van der Waals surface area (Å²) in [5.41, 5.74) is 5.20. The lowest BCUT2D eigenvalue weighted by Gasteiger charge is -2.15. The fourth-order valence-electron chi connectivity index (χ4n) is 1.40. The molecule has 0 aliphatic carbocycles. The van der Waals surface area contributed by atoms with Crippen molar-refractivity contribution in [1.29, 1.82) is 0 Å². The Hall–Kier alpha value is -1.14. The molecule has 6 heteroatoms. The fraction of sp³-hybridized carbons (Fsp3) is 0.750. The first-order valence-electron chi connectivity index (χ1n) is 4.61. The van der Waals surface area contributed by atoms with Crippen LogP contribution < -0.4 is 16.4 Å². The van der Waals surface area contributed by atoms with Gasteiger partial charge in [0.1, 0.15) is 6.04 Å². The molecular formula is C8H15N3O3. The average molecular weight is 201 g/mol. The molecule has 1 rings (SSSR count). The monoisotopic (exact) mass is 201 g/mol. The zero-order valence-corrected chi connectivity index (χ0v) is 7.82. The van der Waals surface area contributed by atoms with Gasteiger partial charge in [-0.1, -0.05) is 0 Å². The first kappa shape index (κ1) is 10.9. The third-order valence-electron chi connectivity index (χ3n) is 2.23. The summed E-state index contributed by atoms with van der Waals surface area (Å²) in [6, 6.07) is -1.24. The molecule has 1 aliphatic heterocycles. The van der Waals surface area contributed by atoms with Crippen molar-refractivity contribution in [3.63, 3.8) is 0 Å². The van der Waals surface area contributed by atoms with Gasteiger partial charge in [0.05, 0.1) is 6.04 Å². The molecular weight excluding hydrogens is 186 g/mol. The molecule has 0 saturated carbocycles. The number of hydrogen-bond donors (Lipinski definition) is 4. The van der Waals surface area contributed by atoms with Gasteiger partial charge in [-0.2, -0.15) is 0 Å². The topological polar surface area (TPSA) is 104 Å². The number of carbonyl (C=O) groups is 2. The molecule has 0 aromatic carbocycles. The van der Waals surface area contributed by atoms with Crippen LogP contribution in [0.3, 0.4) is 0 Å². The molecule has 1 saturated heterocycles. The molecule has 2 atom stereocenters. The molecule has 1 aliphatic rings. The highest BCUT2D eigenvalue weighted by Gasteiger charge is 2.26. The average Bonchev–Trinajstić information content (AvgIpc) is 2.65. The van der Waals surface area contributed by atoms with Crippen LogP contribution in [0.2, 0.25) is 0 Å². The maximum absolute atomic E-state index is 11.4. The van der Waals surface area contributed by atoms with Crippen LogP contribution in [0.15, 0.2) is 0 Å². The normalized spacial score (nSPS) is 23.1. The van der Waals surface area contributed by atoms with Crippen LogP contribution in [0.5, 0.6) is 0 Å². The van der Waals surface area contributed by atoms with Crippen LogP contribution in [-0.4, -0.2) is 42.2 Å². The van der Waals surface area contributed by atoms with E-state index in [0.717, 1.165) is 19.4 Å². The number of rotatable bonds is 4. The van der Waals surface area contributed by atoms with E-state index in [2.05, 4.69) is 10.6 Å². The largest absolute Gasteiger partial charge is 0.480 e. The summed E-state index contributed by atoms with van der Waals surface area (Å²) in [4.78, 5) is 22.0. The van der Waals surface area contributed by atoms with Crippen LogP contribution in [0.25, 0.3) is 0 Å². The standard InChI is InChI=1S/C8H15N3O3/c9-4-6(8(13)14)11-7(12)5-2-1-3-10-5/h5-6,10H,1-4,9H2,(H,11,12)(H,13,14)/t5-,6-/m0/s1. The van der Waals surface area contributed by atoms with E-state index in [1.807, 2.05) is 0 Å². The van der Waals surface area contributed by atoms with E-state index in [1.54, 1.807) is 0 Å². The highest BCUT2D eigenvalue weighted by Crippen LogP contribution is 2.04. The van der Waals surface area contributed by atoms with Gasteiger partial charge in [-0.15, -0.1) is 0 Å². The lowest BCUT2D eigenvalue weighted by Crippen LogP contribution is -2.51. The summed E-state index contributed by atoms with van der Waals surface area (Å²) in [5, 5.41) is 14.0. The summed E-state index contributed by atoms with van der Waals surface area (Å²) in [5.74, 6) is -1.38. The summed E-state index contributed by atoms with van der Waals surface area (Å²) in [7, 11) is 0. The maximum Gasteiger partial charge on any atom is 0.327 e. The van der Waals surface area contributed by atoms with Crippen LogP contribution in [0.1, 0.15) is 12.8 Å². The van der Waals surface area contributed by atoms with Crippen molar-refractivity contribution in [2.24, 2.45) is 5.73 Å². The quantitative estimate of drug-likeness (QED) is 0.432. The molecule has 14 heavy (non-hydrogen) atoms. The SMILES string of the molecule is NC[C@H](NC(=O)[C@@H]1CCCN1)C(=O)O. The maximum atomic E-state index is 11.4. The number of carboxylic acids is 1. The zero-order valence-electron chi connectivity index (χ0n) is 7.82. The van der Waals surface area contributed by atoms with Gasteiger partial charge in [0, 0.05) is 6.54 Å². The Balaban J connectivity index is 2.41. The third kappa shape index (κ3) is 2.68. The molecule has 1 fully saturated rings. The van der Waals surface area contributed by atoms with Gasteiger partial charge in [-0.3, -0.25) is 4.79 Å². The Kier molecular flexibility index (Phi) is 3.84. The summed E-state index contributed by atoms with van der Waals surface area (Å²) < 4.78 is 0. The Morgan fingerprint density at radius 1 is 1.64 bits per heavy atom.